The number of pyridine rings is 1. The predicted molar refractivity (Wildman–Crippen MR) is 112 cm³/mol. The molecule has 2 heterocycles. The number of hydrogen-bond donors (Lipinski definition) is 2. The maximum Gasteiger partial charge on any atom is 0.261 e. The molecule has 2 aromatic carbocycles. The van der Waals surface area contributed by atoms with Gasteiger partial charge in [-0.25, -0.2) is 22.8 Å². The van der Waals surface area contributed by atoms with Crippen molar-refractivity contribution in [2.45, 2.75) is 4.90 Å². The Bertz CT molecular complexity index is 1270. The summed E-state index contributed by atoms with van der Waals surface area (Å²) >= 11 is 0. The highest BCUT2D eigenvalue weighted by atomic mass is 32.2. The maximum atomic E-state index is 13.1. The third kappa shape index (κ3) is 4.58. The van der Waals surface area contributed by atoms with Gasteiger partial charge in [0.05, 0.1) is 22.0 Å². The van der Waals surface area contributed by atoms with Crippen molar-refractivity contribution >= 4 is 27.3 Å². The lowest BCUT2D eigenvalue weighted by Crippen LogP contribution is -2.13. The minimum atomic E-state index is -3.85. The lowest BCUT2D eigenvalue weighted by molar-refractivity contribution is 0.599. The van der Waals surface area contributed by atoms with Crippen molar-refractivity contribution in [1.29, 1.82) is 0 Å². The Morgan fingerprint density at radius 1 is 0.767 bits per heavy atom. The molecule has 0 unspecified atom stereocenters. The molecule has 2 aromatic heterocycles. The number of benzene rings is 2. The van der Waals surface area contributed by atoms with Crippen LogP contribution in [0.5, 0.6) is 0 Å². The number of nitrogens with one attached hydrogen (secondary N) is 2. The van der Waals surface area contributed by atoms with Gasteiger partial charge in [0, 0.05) is 18.1 Å². The summed E-state index contributed by atoms with van der Waals surface area (Å²) in [6, 6.07) is 18.5. The molecule has 0 aliphatic rings. The van der Waals surface area contributed by atoms with Crippen molar-refractivity contribution in [2.75, 3.05) is 10.0 Å². The van der Waals surface area contributed by atoms with Gasteiger partial charge in [-0.3, -0.25) is 9.71 Å². The molecule has 0 saturated heterocycles. The number of anilines is 3. The van der Waals surface area contributed by atoms with Gasteiger partial charge in [-0.05, 0) is 60.7 Å². The number of halogens is 1. The fourth-order valence-electron chi connectivity index (χ4n) is 2.69. The Morgan fingerprint density at radius 3 is 2.33 bits per heavy atom. The second-order valence-electron chi connectivity index (χ2n) is 6.25. The summed E-state index contributed by atoms with van der Waals surface area (Å²) in [5, 5.41) is 3.05. The van der Waals surface area contributed by atoms with Crippen LogP contribution in [0.15, 0.2) is 90.1 Å². The van der Waals surface area contributed by atoms with Crippen molar-refractivity contribution in [1.82, 2.24) is 15.0 Å². The molecule has 0 aliphatic carbocycles. The van der Waals surface area contributed by atoms with Crippen molar-refractivity contribution in [3.63, 3.8) is 0 Å². The first kappa shape index (κ1) is 19.5. The van der Waals surface area contributed by atoms with Gasteiger partial charge < -0.3 is 5.32 Å². The zero-order valence-corrected chi connectivity index (χ0v) is 16.3. The second kappa shape index (κ2) is 8.26. The highest BCUT2D eigenvalue weighted by molar-refractivity contribution is 7.92. The molecule has 0 saturated carbocycles. The third-order valence-corrected chi connectivity index (χ3v) is 5.47. The van der Waals surface area contributed by atoms with E-state index >= 15 is 0 Å². The Hall–Kier alpha value is -3.85. The highest BCUT2D eigenvalue weighted by Gasteiger charge is 2.14. The van der Waals surface area contributed by atoms with Crippen molar-refractivity contribution in [3.05, 3.63) is 91.0 Å². The van der Waals surface area contributed by atoms with E-state index in [9.17, 15) is 12.8 Å². The van der Waals surface area contributed by atoms with Crippen molar-refractivity contribution in [2.24, 2.45) is 0 Å². The number of nitrogens with zero attached hydrogens (tertiary/aromatic N) is 3. The fourth-order valence-corrected chi connectivity index (χ4v) is 3.74. The van der Waals surface area contributed by atoms with E-state index in [4.69, 9.17) is 0 Å². The van der Waals surface area contributed by atoms with Crippen LogP contribution in [0.1, 0.15) is 0 Å². The Kier molecular flexibility index (Phi) is 5.36. The molecule has 0 aliphatic heterocycles. The first-order valence-electron chi connectivity index (χ1n) is 8.89. The van der Waals surface area contributed by atoms with Gasteiger partial charge in [0.25, 0.3) is 10.0 Å². The standard InChI is InChI=1S/C21H16FN5O2S/c22-15-7-9-18(10-8-15)30(28,29)27-17-5-3-4-16(14-17)25-21-24-13-11-20(26-21)19-6-1-2-12-23-19/h1-14,27H,(H,24,25,26). The Morgan fingerprint density at radius 2 is 1.57 bits per heavy atom. The smallest absolute Gasteiger partial charge is 0.261 e. The van der Waals surface area contributed by atoms with Gasteiger partial charge in [0.1, 0.15) is 5.82 Å². The van der Waals surface area contributed by atoms with Crippen LogP contribution in [0.2, 0.25) is 0 Å². The molecule has 0 atom stereocenters. The molecule has 2 N–H and O–H groups in total. The van der Waals surface area contributed by atoms with E-state index in [0.29, 0.717) is 28.7 Å². The normalized spacial score (nSPS) is 11.1. The van der Waals surface area contributed by atoms with Gasteiger partial charge >= 0.3 is 0 Å². The maximum absolute atomic E-state index is 13.1. The third-order valence-electron chi connectivity index (χ3n) is 4.08. The van der Waals surface area contributed by atoms with Crippen LogP contribution in [0, 0.1) is 5.82 Å². The topological polar surface area (TPSA) is 96.9 Å². The summed E-state index contributed by atoms with van der Waals surface area (Å²) in [4.78, 5) is 12.9. The van der Waals surface area contributed by atoms with Crippen LogP contribution in [-0.4, -0.2) is 23.4 Å². The molecule has 0 fully saturated rings. The molecule has 7 nitrogen and oxygen atoms in total. The summed E-state index contributed by atoms with van der Waals surface area (Å²) in [6.07, 6.45) is 3.29. The van der Waals surface area contributed by atoms with E-state index in [2.05, 4.69) is 25.0 Å². The van der Waals surface area contributed by atoms with Crippen LogP contribution in [-0.2, 0) is 10.0 Å². The van der Waals surface area contributed by atoms with Gasteiger partial charge in [0.15, 0.2) is 0 Å². The van der Waals surface area contributed by atoms with E-state index in [1.165, 1.54) is 12.1 Å². The molecule has 30 heavy (non-hydrogen) atoms. The first-order valence-corrected chi connectivity index (χ1v) is 10.4. The monoisotopic (exact) mass is 421 g/mol. The molecular formula is C21H16FN5O2S. The van der Waals surface area contributed by atoms with Gasteiger partial charge in [-0.2, -0.15) is 0 Å². The van der Waals surface area contributed by atoms with Gasteiger partial charge in [0.2, 0.25) is 5.95 Å². The summed E-state index contributed by atoms with van der Waals surface area (Å²) in [5.74, 6) is -0.162. The van der Waals surface area contributed by atoms with E-state index in [-0.39, 0.29) is 4.90 Å². The Balaban J connectivity index is 1.54. The molecule has 9 heteroatoms. The van der Waals surface area contributed by atoms with E-state index in [0.717, 1.165) is 12.1 Å². The average Bonchev–Trinajstić information content (AvgIpc) is 2.75. The molecular weight excluding hydrogens is 405 g/mol. The molecule has 4 rings (SSSR count). The van der Waals surface area contributed by atoms with Crippen LogP contribution in [0.25, 0.3) is 11.4 Å². The van der Waals surface area contributed by atoms with Crippen LogP contribution in [0.3, 0.4) is 0 Å². The SMILES string of the molecule is O=S(=O)(Nc1cccc(Nc2nccc(-c3ccccn3)n2)c1)c1ccc(F)cc1. The molecule has 0 radical (unpaired) electrons. The molecule has 4 aromatic rings. The average molecular weight is 421 g/mol. The van der Waals surface area contributed by atoms with Crippen LogP contribution >= 0.6 is 0 Å². The lowest BCUT2D eigenvalue weighted by atomic mass is 10.2. The quantitative estimate of drug-likeness (QED) is 0.484. The van der Waals surface area contributed by atoms with Crippen LogP contribution < -0.4 is 10.0 Å². The number of hydrogen-bond acceptors (Lipinski definition) is 6. The summed E-state index contributed by atoms with van der Waals surface area (Å²) in [6.45, 7) is 0. The van der Waals surface area contributed by atoms with E-state index in [1.807, 2.05) is 18.2 Å². The molecule has 0 spiro atoms. The summed E-state index contributed by atoms with van der Waals surface area (Å²) in [5.41, 5.74) is 2.29. The molecule has 0 amide bonds. The van der Waals surface area contributed by atoms with Crippen molar-refractivity contribution in [3.8, 4) is 11.4 Å². The van der Waals surface area contributed by atoms with E-state index in [1.54, 1.807) is 42.7 Å². The van der Waals surface area contributed by atoms with Gasteiger partial charge in [-0.15, -0.1) is 0 Å². The number of sulfonamides is 1. The number of rotatable bonds is 6. The summed E-state index contributed by atoms with van der Waals surface area (Å²) in [7, 11) is -3.85. The zero-order chi connectivity index (χ0) is 21.0. The van der Waals surface area contributed by atoms with Gasteiger partial charge in [-0.1, -0.05) is 12.1 Å². The highest BCUT2D eigenvalue weighted by Crippen LogP contribution is 2.22. The molecule has 0 bridgehead atoms. The van der Waals surface area contributed by atoms with Crippen LogP contribution in [0.4, 0.5) is 21.7 Å². The van der Waals surface area contributed by atoms with Crippen molar-refractivity contribution < 1.29 is 12.8 Å². The fraction of sp³-hybridized carbons (Fsp3) is 0. The first-order chi connectivity index (χ1) is 14.5. The minimum absolute atomic E-state index is 0.0337. The lowest BCUT2D eigenvalue weighted by Gasteiger charge is -2.11. The number of aromatic nitrogens is 3. The molecule has 150 valence electrons. The van der Waals surface area contributed by atoms with E-state index < -0.39 is 15.8 Å². The predicted octanol–water partition coefficient (Wildman–Crippen LogP) is 4.22. The Labute approximate surface area is 172 Å². The second-order valence-corrected chi connectivity index (χ2v) is 7.93. The largest absolute Gasteiger partial charge is 0.324 e. The zero-order valence-electron chi connectivity index (χ0n) is 15.5. The summed E-state index contributed by atoms with van der Waals surface area (Å²) < 4.78 is 40.5. The minimum Gasteiger partial charge on any atom is -0.324 e.